The number of aryl methyl sites for hydroxylation is 2. The van der Waals surface area contributed by atoms with Crippen LogP contribution in [0.25, 0.3) is 0 Å². The standard InChI is InChI=1S/C19H22N4O2/c20-18(25)14-10-11-4-3-6-15(11)22-19(14)23-17(12-8-13(24)9-12)16-5-1-2-7-21-16/h1-2,5,7,10,12-13,17,24H,3-4,6,8-9H2,(H2,20,25)(H,22,23)/t12?,13?,17-/m1/s1. The molecule has 2 heterocycles. The largest absolute Gasteiger partial charge is 0.393 e. The lowest BCUT2D eigenvalue weighted by molar-refractivity contribution is 0.0333. The van der Waals surface area contributed by atoms with Crippen LogP contribution in [0.5, 0.6) is 0 Å². The molecule has 0 unspecified atom stereocenters. The number of nitrogens with one attached hydrogen (secondary N) is 1. The first-order chi connectivity index (χ1) is 12.1. The normalized spacial score (nSPS) is 22.8. The first-order valence-electron chi connectivity index (χ1n) is 8.80. The number of nitrogens with zero attached hydrogens (tertiary/aromatic N) is 2. The lowest BCUT2D eigenvalue weighted by Gasteiger charge is -2.38. The fraction of sp³-hybridized carbons (Fsp3) is 0.421. The Bertz CT molecular complexity index is 788. The Hall–Kier alpha value is -2.47. The van der Waals surface area contributed by atoms with Gasteiger partial charge in [0.2, 0.25) is 0 Å². The monoisotopic (exact) mass is 338 g/mol. The zero-order valence-electron chi connectivity index (χ0n) is 14.0. The molecular weight excluding hydrogens is 316 g/mol. The number of nitrogens with two attached hydrogens (primary N) is 1. The number of hydrogen-bond donors (Lipinski definition) is 3. The van der Waals surface area contributed by atoms with E-state index in [0.717, 1.165) is 36.2 Å². The summed E-state index contributed by atoms with van der Waals surface area (Å²) in [6.07, 6.45) is 5.85. The average Bonchev–Trinajstić information content (AvgIpc) is 3.04. The molecule has 130 valence electrons. The van der Waals surface area contributed by atoms with Crippen molar-refractivity contribution in [2.24, 2.45) is 11.7 Å². The van der Waals surface area contributed by atoms with E-state index in [9.17, 15) is 9.90 Å². The van der Waals surface area contributed by atoms with Crippen molar-refractivity contribution >= 4 is 11.7 Å². The van der Waals surface area contributed by atoms with Crippen molar-refractivity contribution in [2.75, 3.05) is 5.32 Å². The molecule has 0 spiro atoms. The summed E-state index contributed by atoms with van der Waals surface area (Å²) in [6.45, 7) is 0. The van der Waals surface area contributed by atoms with Crippen molar-refractivity contribution in [2.45, 2.75) is 44.2 Å². The number of carbonyl (C=O) groups excluding carboxylic acids is 1. The second-order valence-corrected chi connectivity index (χ2v) is 6.97. The van der Waals surface area contributed by atoms with E-state index in [1.54, 1.807) is 6.20 Å². The summed E-state index contributed by atoms with van der Waals surface area (Å²) >= 11 is 0. The van der Waals surface area contributed by atoms with Gasteiger partial charge in [-0.3, -0.25) is 9.78 Å². The molecule has 0 aliphatic heterocycles. The summed E-state index contributed by atoms with van der Waals surface area (Å²) in [5, 5.41) is 13.1. The van der Waals surface area contributed by atoms with Gasteiger partial charge in [-0.05, 0) is 61.8 Å². The number of aliphatic hydroxyl groups excluding tert-OH is 1. The predicted molar refractivity (Wildman–Crippen MR) is 94.1 cm³/mol. The third-order valence-electron chi connectivity index (χ3n) is 5.24. The molecule has 0 saturated heterocycles. The van der Waals surface area contributed by atoms with Crippen LogP contribution in [0.15, 0.2) is 30.5 Å². The SMILES string of the molecule is NC(=O)c1cc2c(nc1N[C@@H](c1ccccn1)C1CC(O)C1)CCC2. The topological polar surface area (TPSA) is 101 Å². The van der Waals surface area contributed by atoms with Gasteiger partial charge in [-0.1, -0.05) is 6.07 Å². The minimum absolute atomic E-state index is 0.102. The van der Waals surface area contributed by atoms with E-state index in [2.05, 4.69) is 10.3 Å². The average molecular weight is 338 g/mol. The first-order valence-corrected chi connectivity index (χ1v) is 8.80. The van der Waals surface area contributed by atoms with Crippen LogP contribution in [0.1, 0.15) is 52.6 Å². The van der Waals surface area contributed by atoms with Gasteiger partial charge >= 0.3 is 0 Å². The highest BCUT2D eigenvalue weighted by Crippen LogP contribution is 2.40. The summed E-state index contributed by atoms with van der Waals surface area (Å²) < 4.78 is 0. The molecule has 4 N–H and O–H groups in total. The molecule has 4 rings (SSSR count). The molecule has 0 bridgehead atoms. The summed E-state index contributed by atoms with van der Waals surface area (Å²) in [5.41, 5.74) is 9.07. The van der Waals surface area contributed by atoms with Gasteiger partial charge in [0.15, 0.2) is 0 Å². The number of primary amides is 1. The molecule has 0 radical (unpaired) electrons. The smallest absolute Gasteiger partial charge is 0.252 e. The molecular formula is C19H22N4O2. The maximum atomic E-state index is 11.9. The fourth-order valence-electron chi connectivity index (χ4n) is 3.81. The van der Waals surface area contributed by atoms with E-state index < -0.39 is 5.91 Å². The molecule has 25 heavy (non-hydrogen) atoms. The number of fused-ring (bicyclic) bond motifs is 1. The van der Waals surface area contributed by atoms with E-state index in [4.69, 9.17) is 10.7 Å². The molecule has 2 aliphatic carbocycles. The van der Waals surface area contributed by atoms with Gasteiger partial charge in [0.25, 0.3) is 5.91 Å². The van der Waals surface area contributed by atoms with Gasteiger partial charge in [0.1, 0.15) is 5.82 Å². The number of aromatic nitrogens is 2. The van der Waals surface area contributed by atoms with Crippen LogP contribution in [0, 0.1) is 5.92 Å². The minimum Gasteiger partial charge on any atom is -0.393 e. The Balaban J connectivity index is 1.69. The Morgan fingerprint density at radius 1 is 1.32 bits per heavy atom. The molecule has 2 aliphatic rings. The van der Waals surface area contributed by atoms with Crippen LogP contribution in [-0.2, 0) is 12.8 Å². The number of amides is 1. The van der Waals surface area contributed by atoms with Gasteiger partial charge in [0, 0.05) is 11.9 Å². The van der Waals surface area contributed by atoms with Crippen LogP contribution < -0.4 is 11.1 Å². The summed E-state index contributed by atoms with van der Waals surface area (Å²) in [6, 6.07) is 7.55. The highest BCUT2D eigenvalue weighted by atomic mass is 16.3. The summed E-state index contributed by atoms with van der Waals surface area (Å²) in [7, 11) is 0. The number of hydrogen-bond acceptors (Lipinski definition) is 5. The van der Waals surface area contributed by atoms with Crippen molar-refractivity contribution in [3.05, 3.63) is 53.0 Å². The van der Waals surface area contributed by atoms with Gasteiger partial charge in [-0.15, -0.1) is 0 Å². The van der Waals surface area contributed by atoms with Crippen LogP contribution in [0.2, 0.25) is 0 Å². The molecule has 1 fully saturated rings. The van der Waals surface area contributed by atoms with Crippen LogP contribution in [0.4, 0.5) is 5.82 Å². The Morgan fingerprint density at radius 3 is 2.84 bits per heavy atom. The predicted octanol–water partition coefficient (Wildman–Crippen LogP) is 1.99. The van der Waals surface area contributed by atoms with Crippen molar-refractivity contribution in [1.29, 1.82) is 0 Å². The number of pyridine rings is 2. The number of aliphatic hydroxyl groups is 1. The maximum absolute atomic E-state index is 11.9. The minimum atomic E-state index is -0.474. The number of rotatable bonds is 5. The summed E-state index contributed by atoms with van der Waals surface area (Å²) in [5.74, 6) is 0.309. The van der Waals surface area contributed by atoms with Crippen LogP contribution >= 0.6 is 0 Å². The van der Waals surface area contributed by atoms with Crippen LogP contribution in [0.3, 0.4) is 0 Å². The quantitative estimate of drug-likeness (QED) is 0.774. The van der Waals surface area contributed by atoms with E-state index >= 15 is 0 Å². The van der Waals surface area contributed by atoms with Gasteiger partial charge in [-0.25, -0.2) is 4.98 Å². The van der Waals surface area contributed by atoms with E-state index in [0.29, 0.717) is 24.2 Å². The van der Waals surface area contributed by atoms with Crippen molar-refractivity contribution in [3.63, 3.8) is 0 Å². The maximum Gasteiger partial charge on any atom is 0.252 e. The summed E-state index contributed by atoms with van der Waals surface area (Å²) in [4.78, 5) is 21.1. The Labute approximate surface area is 146 Å². The lowest BCUT2D eigenvalue weighted by atomic mass is 9.76. The zero-order valence-corrected chi connectivity index (χ0v) is 14.0. The molecule has 2 aromatic heterocycles. The lowest BCUT2D eigenvalue weighted by Crippen LogP contribution is -2.37. The van der Waals surface area contributed by atoms with Gasteiger partial charge in [-0.2, -0.15) is 0 Å². The molecule has 6 nitrogen and oxygen atoms in total. The number of carbonyl (C=O) groups is 1. The molecule has 0 aromatic carbocycles. The van der Waals surface area contributed by atoms with E-state index in [-0.39, 0.29) is 18.1 Å². The van der Waals surface area contributed by atoms with Crippen LogP contribution in [-0.4, -0.2) is 27.1 Å². The van der Waals surface area contributed by atoms with Gasteiger partial charge in [0.05, 0.1) is 23.4 Å². The second-order valence-electron chi connectivity index (χ2n) is 6.97. The third-order valence-corrected chi connectivity index (χ3v) is 5.24. The van der Waals surface area contributed by atoms with Crippen molar-refractivity contribution in [3.8, 4) is 0 Å². The van der Waals surface area contributed by atoms with Crippen molar-refractivity contribution < 1.29 is 9.90 Å². The molecule has 1 amide bonds. The molecule has 1 saturated carbocycles. The highest BCUT2D eigenvalue weighted by molar-refractivity contribution is 5.98. The molecule has 6 heteroatoms. The molecule has 2 aromatic rings. The zero-order chi connectivity index (χ0) is 17.4. The Morgan fingerprint density at radius 2 is 2.16 bits per heavy atom. The van der Waals surface area contributed by atoms with Crippen molar-refractivity contribution in [1.82, 2.24) is 9.97 Å². The highest BCUT2D eigenvalue weighted by Gasteiger charge is 2.36. The van der Waals surface area contributed by atoms with E-state index in [1.165, 1.54) is 0 Å². The first kappa shape index (κ1) is 16.0. The molecule has 1 atom stereocenters. The third kappa shape index (κ3) is 3.09. The number of anilines is 1. The van der Waals surface area contributed by atoms with E-state index in [1.807, 2.05) is 24.3 Å². The Kier molecular flexibility index (Phi) is 4.13. The second kappa shape index (κ2) is 6.44. The fourth-order valence-corrected chi connectivity index (χ4v) is 3.81. The van der Waals surface area contributed by atoms with Gasteiger partial charge < -0.3 is 16.2 Å².